The minimum atomic E-state index is -0.707. The first kappa shape index (κ1) is 47.2. The van der Waals surface area contributed by atoms with Crippen LogP contribution in [0.4, 0.5) is 0 Å². The summed E-state index contributed by atoms with van der Waals surface area (Å²) in [4.78, 5) is 63.6. The van der Waals surface area contributed by atoms with Gasteiger partial charge in [-0.1, -0.05) is 12.1 Å². The molecule has 2 aromatic rings. The van der Waals surface area contributed by atoms with Crippen LogP contribution in [-0.2, 0) is 51.5 Å². The lowest BCUT2D eigenvalue weighted by atomic mass is 9.87. The maximum atomic E-state index is 13.2. The molecule has 350 valence electrons. The summed E-state index contributed by atoms with van der Waals surface area (Å²) in [6, 6.07) is 5.85. The number of imidazole rings is 1. The zero-order chi connectivity index (χ0) is 44.8. The number of carbonyl (C=O) groups is 3. The molecule has 5 heterocycles. The lowest BCUT2D eigenvalue weighted by Gasteiger charge is -2.42. The van der Waals surface area contributed by atoms with Crippen molar-refractivity contribution < 1.29 is 38.1 Å². The Labute approximate surface area is 375 Å². The van der Waals surface area contributed by atoms with Crippen molar-refractivity contribution in [2.75, 3.05) is 99.3 Å². The summed E-state index contributed by atoms with van der Waals surface area (Å²) in [5.41, 5.74) is 4.49. The van der Waals surface area contributed by atoms with Gasteiger partial charge >= 0.3 is 5.69 Å². The Hall–Kier alpha value is -4.72. The Morgan fingerprint density at radius 2 is 1.58 bits per heavy atom. The first-order valence-electron chi connectivity index (χ1n) is 23.1. The van der Waals surface area contributed by atoms with E-state index in [9.17, 15) is 19.2 Å². The summed E-state index contributed by atoms with van der Waals surface area (Å²) in [6.07, 6.45) is 10.3. The molecular formula is C46H67N9O9. The number of nitrogens with one attached hydrogen (secondary N) is 3. The van der Waals surface area contributed by atoms with Crippen molar-refractivity contribution in [2.45, 2.75) is 82.3 Å². The summed E-state index contributed by atoms with van der Waals surface area (Å²) in [7, 11) is 3.52. The third-order valence-electron chi connectivity index (χ3n) is 13.2. The molecule has 0 spiro atoms. The van der Waals surface area contributed by atoms with Gasteiger partial charge in [0.25, 0.3) is 0 Å². The Balaban J connectivity index is 0.697. The van der Waals surface area contributed by atoms with Gasteiger partial charge in [0, 0.05) is 84.8 Å². The van der Waals surface area contributed by atoms with Crippen LogP contribution in [0.2, 0.25) is 0 Å². The van der Waals surface area contributed by atoms with Crippen molar-refractivity contribution in [3.8, 4) is 0 Å². The number of aromatic nitrogens is 2. The van der Waals surface area contributed by atoms with Crippen LogP contribution in [0, 0.1) is 5.92 Å². The van der Waals surface area contributed by atoms with E-state index in [2.05, 4.69) is 43.8 Å². The predicted molar refractivity (Wildman–Crippen MR) is 242 cm³/mol. The van der Waals surface area contributed by atoms with Gasteiger partial charge in [-0.2, -0.15) is 0 Å². The molecule has 64 heavy (non-hydrogen) atoms. The van der Waals surface area contributed by atoms with Gasteiger partial charge in [0.2, 0.25) is 17.7 Å². The quantitative estimate of drug-likeness (QED) is 0.0943. The Kier molecular flexibility index (Phi) is 17.3. The molecule has 5 aliphatic rings. The van der Waals surface area contributed by atoms with E-state index in [1.807, 2.05) is 30.1 Å². The molecular weight excluding hydrogens is 823 g/mol. The number of carbonyl (C=O) groups excluding carboxylic acids is 3. The molecule has 3 N–H and O–H groups in total. The second kappa shape index (κ2) is 23.5. The van der Waals surface area contributed by atoms with E-state index in [-0.39, 0.29) is 30.5 Å². The standard InChI is InChI=1S/C46H67N9O9/c1-47-43-41(36(30-49-43)32-15-22-61-23-16-32)44(48-2)50-34-9-11-35(12-10-34)53-17-19-54(20-18-53)40(57)31-64-29-28-63-27-26-62-25-24-60-21-5-7-33-6-4-8-37-42(33)52(3)46(59)55(37)38-13-14-39(56)51-45(38)58/h4,6,8,30,32,34-35,38,50H,2,5,7,9-29,31H2,1,3H3,(H,47,49)(H,51,56,58)/b44-41+/t34-,35-,38?. The van der Waals surface area contributed by atoms with Gasteiger partial charge in [0.1, 0.15) is 24.3 Å². The molecule has 1 aromatic carbocycles. The van der Waals surface area contributed by atoms with Crippen molar-refractivity contribution in [3.63, 3.8) is 0 Å². The van der Waals surface area contributed by atoms with Gasteiger partial charge in [-0.25, -0.2) is 9.79 Å². The van der Waals surface area contributed by atoms with Crippen molar-refractivity contribution in [3.05, 3.63) is 57.4 Å². The lowest BCUT2D eigenvalue weighted by molar-refractivity contribution is -0.139. The van der Waals surface area contributed by atoms with Gasteiger partial charge < -0.3 is 39.2 Å². The molecule has 1 atom stereocenters. The number of aryl methyl sites for hydroxylation is 2. The third kappa shape index (κ3) is 11.7. The van der Waals surface area contributed by atoms with Gasteiger partial charge in [0.05, 0.1) is 56.2 Å². The number of ether oxygens (including phenoxy) is 5. The highest BCUT2D eigenvalue weighted by molar-refractivity contribution is 6.06. The number of amides is 3. The van der Waals surface area contributed by atoms with Crippen LogP contribution in [0.15, 0.2) is 56.1 Å². The molecule has 3 saturated heterocycles. The number of amidine groups is 1. The van der Waals surface area contributed by atoms with E-state index in [0.29, 0.717) is 95.7 Å². The number of fused-ring (bicyclic) bond motifs is 1. The first-order valence-corrected chi connectivity index (χ1v) is 23.1. The minimum Gasteiger partial charge on any atom is -0.381 e. The third-order valence-corrected chi connectivity index (χ3v) is 13.2. The van der Waals surface area contributed by atoms with Crippen molar-refractivity contribution in [1.82, 2.24) is 34.9 Å². The first-order chi connectivity index (χ1) is 31.3. The second-order valence-corrected chi connectivity index (χ2v) is 17.1. The van der Waals surface area contributed by atoms with Crippen molar-refractivity contribution in [1.29, 1.82) is 0 Å². The summed E-state index contributed by atoms with van der Waals surface area (Å²) in [5.74, 6) is 1.34. The molecule has 18 heteroatoms. The zero-order valence-corrected chi connectivity index (χ0v) is 37.7. The highest BCUT2D eigenvalue weighted by Crippen LogP contribution is 2.34. The van der Waals surface area contributed by atoms with E-state index in [4.69, 9.17) is 23.7 Å². The van der Waals surface area contributed by atoms with Crippen molar-refractivity contribution in [2.24, 2.45) is 23.0 Å². The maximum Gasteiger partial charge on any atom is 0.329 e. The van der Waals surface area contributed by atoms with Crippen LogP contribution in [0.1, 0.15) is 69.4 Å². The fourth-order valence-electron chi connectivity index (χ4n) is 9.72. The fourth-order valence-corrected chi connectivity index (χ4v) is 9.72. The van der Waals surface area contributed by atoms with E-state index >= 15 is 0 Å². The van der Waals surface area contributed by atoms with Crippen LogP contribution < -0.4 is 21.6 Å². The number of piperidine rings is 1. The number of rotatable bonds is 21. The maximum absolute atomic E-state index is 13.2. The number of benzene rings is 1. The Morgan fingerprint density at radius 3 is 2.25 bits per heavy atom. The molecule has 0 radical (unpaired) electrons. The Morgan fingerprint density at radius 1 is 0.891 bits per heavy atom. The van der Waals surface area contributed by atoms with E-state index in [1.165, 1.54) is 10.1 Å². The molecule has 1 unspecified atom stereocenters. The lowest BCUT2D eigenvalue weighted by Crippen LogP contribution is -2.53. The molecule has 1 aliphatic carbocycles. The average Bonchev–Trinajstić information content (AvgIpc) is 3.86. The summed E-state index contributed by atoms with van der Waals surface area (Å²) in [5, 5.41) is 9.44. The fraction of sp³-hybridized carbons (Fsp3) is 0.652. The van der Waals surface area contributed by atoms with Crippen LogP contribution in [0.5, 0.6) is 0 Å². The molecule has 7 rings (SSSR count). The predicted octanol–water partition coefficient (Wildman–Crippen LogP) is 2.22. The van der Waals surface area contributed by atoms with Gasteiger partial charge in [-0.05, 0) is 87.6 Å². The largest absolute Gasteiger partial charge is 0.381 e. The molecule has 4 fully saturated rings. The van der Waals surface area contributed by atoms with Crippen molar-refractivity contribution >= 4 is 41.3 Å². The molecule has 1 aromatic heterocycles. The topological polar surface area (TPSA) is 192 Å². The second-order valence-electron chi connectivity index (χ2n) is 17.1. The van der Waals surface area contributed by atoms with Gasteiger partial charge in [-0.15, -0.1) is 0 Å². The Bertz CT molecular complexity index is 2090. The SMILES string of the molecule is C=N/C(N[C@H]1CC[C@H](N2CCN(C(=O)COCCOCCOCCOCCCc3cccc4c3n(C)c(=O)n4C3CCC(=O)NC3=O)CC2)CC1)=C1/C(C2CCOCC2)=CN/C1=N/C. The highest BCUT2D eigenvalue weighted by atomic mass is 16.6. The highest BCUT2D eigenvalue weighted by Gasteiger charge is 2.34. The molecule has 3 amide bonds. The molecule has 0 bridgehead atoms. The molecule has 4 aliphatic heterocycles. The van der Waals surface area contributed by atoms with E-state index in [0.717, 1.165) is 99.6 Å². The zero-order valence-electron chi connectivity index (χ0n) is 37.7. The minimum absolute atomic E-state index is 0.0190. The molecule has 1 saturated carbocycles. The van der Waals surface area contributed by atoms with Crippen LogP contribution >= 0.6 is 0 Å². The van der Waals surface area contributed by atoms with Crippen LogP contribution in [0.3, 0.4) is 0 Å². The average molecular weight is 890 g/mol. The normalized spacial score (nSPS) is 23.9. The van der Waals surface area contributed by atoms with Crippen LogP contribution in [0.25, 0.3) is 11.0 Å². The van der Waals surface area contributed by atoms with Gasteiger partial charge in [-0.3, -0.25) is 38.7 Å². The summed E-state index contributed by atoms with van der Waals surface area (Å²) in [6.45, 7) is 11.7. The number of piperazine rings is 1. The molecule has 18 nitrogen and oxygen atoms in total. The smallest absolute Gasteiger partial charge is 0.329 e. The van der Waals surface area contributed by atoms with Gasteiger partial charge in [0.15, 0.2) is 0 Å². The number of hydrogen-bond donors (Lipinski definition) is 3. The summed E-state index contributed by atoms with van der Waals surface area (Å²) < 4.78 is 31.4. The number of para-hydroxylation sites is 1. The number of imide groups is 1. The number of aliphatic imine (C=N–C) groups is 2. The van der Waals surface area contributed by atoms with E-state index < -0.39 is 11.9 Å². The summed E-state index contributed by atoms with van der Waals surface area (Å²) >= 11 is 0. The number of nitrogens with zero attached hydrogens (tertiary/aromatic N) is 6. The van der Waals surface area contributed by atoms with E-state index in [1.54, 1.807) is 11.6 Å². The van der Waals surface area contributed by atoms with Crippen LogP contribution in [-0.4, -0.2) is 161 Å². The number of hydrogen-bond acceptors (Lipinski definition) is 13. The monoisotopic (exact) mass is 890 g/mol.